The van der Waals surface area contributed by atoms with Crippen molar-refractivity contribution in [3.63, 3.8) is 0 Å². The van der Waals surface area contributed by atoms with Crippen molar-refractivity contribution in [3.05, 3.63) is 58.9 Å². The summed E-state index contributed by atoms with van der Waals surface area (Å²) in [6.45, 7) is 2.05. The summed E-state index contributed by atoms with van der Waals surface area (Å²) in [5.74, 6) is 0.0799. The van der Waals surface area contributed by atoms with E-state index in [1.165, 1.54) is 0 Å². The van der Waals surface area contributed by atoms with E-state index in [2.05, 4.69) is 16.0 Å². The van der Waals surface area contributed by atoms with Crippen LogP contribution in [0.5, 0.6) is 5.75 Å². The maximum absolute atomic E-state index is 9.46. The molecule has 1 aromatic carbocycles. The lowest BCUT2D eigenvalue weighted by molar-refractivity contribution is 0.262. The smallest absolute Gasteiger partial charge is 0.134 e. The maximum Gasteiger partial charge on any atom is 0.134 e. The number of benzene rings is 1. The average molecular weight is 302 g/mol. The molecule has 21 heavy (non-hydrogen) atoms. The van der Waals surface area contributed by atoms with Crippen molar-refractivity contribution in [2.45, 2.75) is 19.5 Å². The van der Waals surface area contributed by atoms with Gasteiger partial charge in [0.25, 0.3) is 0 Å². The van der Waals surface area contributed by atoms with Gasteiger partial charge in [-0.25, -0.2) is 0 Å². The van der Waals surface area contributed by atoms with E-state index in [4.69, 9.17) is 16.9 Å². The number of hydrogen-bond acceptors (Lipinski definition) is 4. The number of halogens is 1. The van der Waals surface area contributed by atoms with Crippen LogP contribution in [0.15, 0.2) is 42.7 Å². The molecule has 1 heterocycles. The quantitative estimate of drug-likeness (QED) is 0.889. The van der Waals surface area contributed by atoms with Gasteiger partial charge in [-0.3, -0.25) is 9.88 Å². The number of aromatic hydroxyl groups is 1. The third-order valence-electron chi connectivity index (χ3n) is 3.09. The van der Waals surface area contributed by atoms with E-state index in [0.717, 1.165) is 11.1 Å². The van der Waals surface area contributed by atoms with Gasteiger partial charge in [-0.1, -0.05) is 23.7 Å². The van der Waals surface area contributed by atoms with Crippen molar-refractivity contribution in [2.75, 3.05) is 6.54 Å². The van der Waals surface area contributed by atoms with Crippen molar-refractivity contribution in [2.24, 2.45) is 0 Å². The molecule has 1 aromatic heterocycles. The lowest BCUT2D eigenvalue weighted by Crippen LogP contribution is -2.23. The highest BCUT2D eigenvalue weighted by Crippen LogP contribution is 2.24. The predicted octanol–water partition coefficient (Wildman–Crippen LogP) is 3.36. The molecule has 0 fully saturated rings. The van der Waals surface area contributed by atoms with E-state index in [-0.39, 0.29) is 5.75 Å². The normalized spacial score (nSPS) is 10.5. The molecule has 0 saturated heterocycles. The number of phenolic OH excluding ortho intramolecular Hbond substituents is 1. The number of aromatic nitrogens is 1. The Morgan fingerprint density at radius 2 is 2.05 bits per heavy atom. The van der Waals surface area contributed by atoms with Crippen LogP contribution < -0.4 is 0 Å². The van der Waals surface area contributed by atoms with E-state index in [0.29, 0.717) is 31.1 Å². The minimum absolute atomic E-state index is 0.0799. The molecule has 0 atom stereocenters. The van der Waals surface area contributed by atoms with Crippen LogP contribution in [0, 0.1) is 11.3 Å². The molecule has 2 rings (SSSR count). The lowest BCUT2D eigenvalue weighted by Gasteiger charge is -2.21. The zero-order chi connectivity index (χ0) is 15.1. The lowest BCUT2D eigenvalue weighted by atomic mass is 10.1. The summed E-state index contributed by atoms with van der Waals surface area (Å²) < 4.78 is 0. The van der Waals surface area contributed by atoms with E-state index in [1.54, 1.807) is 18.3 Å². The Hall–Kier alpha value is -2.09. The minimum Gasteiger partial charge on any atom is -0.506 e. The van der Waals surface area contributed by atoms with Gasteiger partial charge in [-0.15, -0.1) is 0 Å². The summed E-state index contributed by atoms with van der Waals surface area (Å²) in [7, 11) is 0. The Kier molecular flexibility index (Phi) is 5.56. The number of nitrogens with zero attached hydrogens (tertiary/aromatic N) is 3. The van der Waals surface area contributed by atoms with E-state index in [9.17, 15) is 5.11 Å². The van der Waals surface area contributed by atoms with Crippen molar-refractivity contribution in [1.82, 2.24) is 9.88 Å². The van der Waals surface area contributed by atoms with Crippen LogP contribution in [0.2, 0.25) is 5.02 Å². The molecule has 0 radical (unpaired) electrons. The molecule has 0 saturated carbocycles. The summed E-state index contributed by atoms with van der Waals surface area (Å²) in [6.07, 6.45) is 4.03. The van der Waals surface area contributed by atoms with Gasteiger partial charge >= 0.3 is 0 Å². The first-order valence-corrected chi connectivity index (χ1v) is 7.02. The topological polar surface area (TPSA) is 60.2 Å². The van der Waals surface area contributed by atoms with Crippen molar-refractivity contribution in [1.29, 1.82) is 5.26 Å². The zero-order valence-electron chi connectivity index (χ0n) is 11.5. The molecule has 4 nitrogen and oxygen atoms in total. The van der Waals surface area contributed by atoms with Crippen LogP contribution in [-0.4, -0.2) is 21.5 Å². The second-order valence-corrected chi connectivity index (χ2v) is 5.17. The Bertz CT molecular complexity index is 625. The molecule has 0 aliphatic rings. The Morgan fingerprint density at radius 1 is 1.24 bits per heavy atom. The van der Waals surface area contributed by atoms with Gasteiger partial charge in [0.05, 0.1) is 11.1 Å². The van der Waals surface area contributed by atoms with Gasteiger partial charge in [0.15, 0.2) is 0 Å². The predicted molar refractivity (Wildman–Crippen MR) is 81.7 cm³/mol. The monoisotopic (exact) mass is 301 g/mol. The zero-order valence-corrected chi connectivity index (χ0v) is 12.3. The second-order valence-electron chi connectivity index (χ2n) is 4.77. The standard InChI is InChI=1S/C16H16ClN3O/c17-15-9-13(4-5-16(15)21)11-20(8-2-6-18)12-14-3-1-7-19-10-14/h1,3-5,7,9-10,21H,2,8,11-12H2. The molecule has 108 valence electrons. The summed E-state index contributed by atoms with van der Waals surface area (Å²) in [6, 6.07) is 11.2. The summed E-state index contributed by atoms with van der Waals surface area (Å²) in [5, 5.41) is 18.6. The molecule has 0 aliphatic heterocycles. The van der Waals surface area contributed by atoms with Crippen molar-refractivity contribution in [3.8, 4) is 11.8 Å². The van der Waals surface area contributed by atoms with Crippen LogP contribution >= 0.6 is 11.6 Å². The molecule has 0 aliphatic carbocycles. The van der Waals surface area contributed by atoms with Crippen molar-refractivity contribution < 1.29 is 5.11 Å². The van der Waals surface area contributed by atoms with Gasteiger partial charge in [-0.2, -0.15) is 5.26 Å². The number of rotatable bonds is 6. The fourth-order valence-corrected chi connectivity index (χ4v) is 2.28. The van der Waals surface area contributed by atoms with Gasteiger partial charge < -0.3 is 5.11 Å². The Balaban J connectivity index is 2.08. The third kappa shape index (κ3) is 4.75. The van der Waals surface area contributed by atoms with E-state index < -0.39 is 0 Å². The summed E-state index contributed by atoms with van der Waals surface area (Å²) >= 11 is 5.93. The van der Waals surface area contributed by atoms with Gasteiger partial charge in [0.1, 0.15) is 5.75 Å². The molecule has 0 unspecified atom stereocenters. The van der Waals surface area contributed by atoms with Crippen LogP contribution in [0.25, 0.3) is 0 Å². The van der Waals surface area contributed by atoms with Crippen LogP contribution in [0.4, 0.5) is 0 Å². The van der Waals surface area contributed by atoms with E-state index in [1.807, 2.05) is 24.4 Å². The summed E-state index contributed by atoms with van der Waals surface area (Å²) in [5.41, 5.74) is 2.10. The van der Waals surface area contributed by atoms with Crippen LogP contribution in [-0.2, 0) is 13.1 Å². The molecular weight excluding hydrogens is 286 g/mol. The van der Waals surface area contributed by atoms with Crippen LogP contribution in [0.1, 0.15) is 17.5 Å². The maximum atomic E-state index is 9.46. The second kappa shape index (κ2) is 7.63. The largest absolute Gasteiger partial charge is 0.506 e. The average Bonchev–Trinajstić information content (AvgIpc) is 2.49. The summed E-state index contributed by atoms with van der Waals surface area (Å²) in [4.78, 5) is 6.26. The highest BCUT2D eigenvalue weighted by Gasteiger charge is 2.08. The first-order chi connectivity index (χ1) is 10.2. The molecule has 0 amide bonds. The number of phenols is 1. The molecule has 2 aromatic rings. The first-order valence-electron chi connectivity index (χ1n) is 6.64. The first kappa shape index (κ1) is 15.3. The highest BCUT2D eigenvalue weighted by molar-refractivity contribution is 6.32. The number of hydrogen-bond donors (Lipinski definition) is 1. The third-order valence-corrected chi connectivity index (χ3v) is 3.39. The fourth-order valence-electron chi connectivity index (χ4n) is 2.08. The molecule has 0 spiro atoms. The minimum atomic E-state index is 0.0799. The van der Waals surface area contributed by atoms with Crippen molar-refractivity contribution >= 4 is 11.6 Å². The van der Waals surface area contributed by atoms with Gasteiger partial charge in [-0.05, 0) is 29.3 Å². The van der Waals surface area contributed by atoms with Crippen LogP contribution in [0.3, 0.4) is 0 Å². The number of pyridine rings is 1. The molecule has 5 heteroatoms. The van der Waals surface area contributed by atoms with Gasteiger partial charge in [0, 0.05) is 38.4 Å². The number of nitriles is 1. The van der Waals surface area contributed by atoms with Gasteiger partial charge in [0.2, 0.25) is 0 Å². The Morgan fingerprint density at radius 3 is 2.71 bits per heavy atom. The molecule has 0 bridgehead atoms. The SMILES string of the molecule is N#CCCN(Cc1cccnc1)Cc1ccc(O)c(Cl)c1. The van der Waals surface area contributed by atoms with E-state index >= 15 is 0 Å². The molecular formula is C16H16ClN3O. The Labute approximate surface area is 129 Å². The highest BCUT2D eigenvalue weighted by atomic mass is 35.5. The molecule has 1 N–H and O–H groups in total. The fraction of sp³-hybridized carbons (Fsp3) is 0.250.